The minimum absolute atomic E-state index is 0.237. The topological polar surface area (TPSA) is 37.4 Å². The van der Waals surface area contributed by atoms with Crippen LogP contribution in [-0.2, 0) is 0 Å². The van der Waals surface area contributed by atoms with E-state index in [0.29, 0.717) is 0 Å². The molecule has 4 heterocycles. The standard InChI is InChI=1S/C54H36BN3O3S/c1-5-17-35(18-6-1)56(36-19-7-2-8-20-36)42-29-31-44-51-53(42)61-54-43(57(37-21-9-3-10-22-37)38-23-11-4-12-24-38)30-32-45-52(54)55(51)50-46(59-44)33-39(34-47(50)60-45)58-40-25-13-15-27-48(40)62-49-28-16-14-26-41(49)58/h1-3,5-11,13-34H,4,12H2. The number of rotatable bonds is 7. The summed E-state index contributed by atoms with van der Waals surface area (Å²) in [5, 5.41) is 0. The van der Waals surface area contributed by atoms with Crippen LogP contribution < -0.4 is 45.3 Å². The number of para-hydroxylation sites is 5. The molecule has 8 heteroatoms. The molecule has 6 nitrogen and oxygen atoms in total. The van der Waals surface area contributed by atoms with Crippen molar-refractivity contribution in [3.05, 3.63) is 200 Å². The van der Waals surface area contributed by atoms with E-state index in [2.05, 4.69) is 209 Å². The maximum atomic E-state index is 7.52. The Morgan fingerprint density at radius 1 is 0.468 bits per heavy atom. The molecule has 0 N–H and O–H groups in total. The number of benzene rings is 8. The molecule has 0 aromatic heterocycles. The van der Waals surface area contributed by atoms with E-state index in [4.69, 9.17) is 14.2 Å². The third-order valence-corrected chi connectivity index (χ3v) is 13.4. The molecule has 0 amide bonds. The number of allylic oxidation sites excluding steroid dienone is 3. The summed E-state index contributed by atoms with van der Waals surface area (Å²) in [5.41, 5.74) is 12.3. The highest BCUT2D eigenvalue weighted by atomic mass is 32.2. The van der Waals surface area contributed by atoms with E-state index in [1.54, 1.807) is 11.8 Å². The van der Waals surface area contributed by atoms with E-state index in [1.807, 2.05) is 0 Å². The van der Waals surface area contributed by atoms with Crippen LogP contribution in [0.3, 0.4) is 0 Å². The average molecular weight is 818 g/mol. The zero-order chi connectivity index (χ0) is 40.7. The van der Waals surface area contributed by atoms with Gasteiger partial charge in [0.05, 0.1) is 28.4 Å². The summed E-state index contributed by atoms with van der Waals surface area (Å²) in [5.74, 6) is 4.60. The smallest absolute Gasteiger partial charge is 0.270 e. The van der Waals surface area contributed by atoms with Gasteiger partial charge < -0.3 is 28.9 Å². The van der Waals surface area contributed by atoms with Gasteiger partial charge in [-0.15, -0.1) is 0 Å². The van der Waals surface area contributed by atoms with E-state index < -0.39 is 0 Å². The monoisotopic (exact) mass is 817 g/mol. The molecule has 1 aliphatic carbocycles. The molecule has 8 aromatic rings. The lowest BCUT2D eigenvalue weighted by atomic mass is 9.33. The fourth-order valence-electron chi connectivity index (χ4n) is 9.71. The zero-order valence-corrected chi connectivity index (χ0v) is 34.3. The number of fused-ring (bicyclic) bond motifs is 2. The fraction of sp³-hybridized carbons (Fsp3) is 0.0370. The number of hydrogen-bond donors (Lipinski definition) is 0. The summed E-state index contributed by atoms with van der Waals surface area (Å²) < 4.78 is 21.7. The van der Waals surface area contributed by atoms with Crippen molar-refractivity contribution in [2.45, 2.75) is 22.6 Å². The van der Waals surface area contributed by atoms with Gasteiger partial charge in [0.2, 0.25) is 0 Å². The van der Waals surface area contributed by atoms with Crippen molar-refractivity contribution in [3.63, 3.8) is 0 Å². The van der Waals surface area contributed by atoms with Crippen LogP contribution in [0.1, 0.15) is 12.8 Å². The van der Waals surface area contributed by atoms with Gasteiger partial charge in [0.1, 0.15) is 23.0 Å². The number of anilines is 8. The first-order valence-corrected chi connectivity index (χ1v) is 21.9. The molecule has 8 aromatic carbocycles. The SMILES string of the molecule is C1=CC(N(c2ccccc2)c2ccc3c4c2Oc2c(N(c5ccccc5)c5ccccc5)ccc5c2B4c2c(cc(N4c6ccccc6Sc6ccccc64)cc2O5)O3)=CCC1. The molecule has 13 rings (SSSR count). The molecular formula is C54H36BN3O3S. The van der Waals surface area contributed by atoms with Crippen LogP contribution in [0.4, 0.5) is 45.5 Å². The molecule has 62 heavy (non-hydrogen) atoms. The van der Waals surface area contributed by atoms with Gasteiger partial charge in [0.15, 0.2) is 11.5 Å². The third-order valence-electron chi connectivity index (χ3n) is 12.3. The highest BCUT2D eigenvalue weighted by Gasteiger charge is 2.49. The molecular weight excluding hydrogens is 781 g/mol. The van der Waals surface area contributed by atoms with Gasteiger partial charge in [0, 0.05) is 61.1 Å². The van der Waals surface area contributed by atoms with Crippen LogP contribution in [0.2, 0.25) is 0 Å². The van der Waals surface area contributed by atoms with E-state index >= 15 is 0 Å². The van der Waals surface area contributed by atoms with E-state index in [-0.39, 0.29) is 6.71 Å². The number of nitrogens with zero attached hydrogens (tertiary/aromatic N) is 3. The second-order valence-electron chi connectivity index (χ2n) is 15.9. The molecule has 0 saturated carbocycles. The van der Waals surface area contributed by atoms with Gasteiger partial charge >= 0.3 is 0 Å². The van der Waals surface area contributed by atoms with Crippen molar-refractivity contribution in [3.8, 4) is 34.5 Å². The molecule has 0 saturated heterocycles. The Kier molecular flexibility index (Phi) is 7.96. The number of ether oxygens (including phenoxy) is 3. The highest BCUT2D eigenvalue weighted by molar-refractivity contribution is 7.99. The molecule has 0 atom stereocenters. The van der Waals surface area contributed by atoms with Gasteiger partial charge in [-0.05, 0) is 104 Å². The van der Waals surface area contributed by atoms with E-state index in [1.165, 1.54) is 9.79 Å². The lowest BCUT2D eigenvalue weighted by molar-refractivity contribution is 0.444. The minimum atomic E-state index is -0.237. The van der Waals surface area contributed by atoms with Crippen molar-refractivity contribution in [1.29, 1.82) is 0 Å². The summed E-state index contributed by atoms with van der Waals surface area (Å²) in [6.45, 7) is -0.237. The summed E-state index contributed by atoms with van der Waals surface area (Å²) in [6.07, 6.45) is 8.78. The van der Waals surface area contributed by atoms with Gasteiger partial charge in [-0.1, -0.05) is 103 Å². The molecule has 0 unspecified atom stereocenters. The fourth-order valence-corrected chi connectivity index (χ4v) is 10.8. The molecule has 0 bridgehead atoms. The van der Waals surface area contributed by atoms with Crippen LogP contribution in [0.5, 0.6) is 34.5 Å². The Morgan fingerprint density at radius 2 is 0.968 bits per heavy atom. The predicted molar refractivity (Wildman–Crippen MR) is 253 cm³/mol. The van der Waals surface area contributed by atoms with Crippen LogP contribution in [0.15, 0.2) is 210 Å². The Labute approximate surface area is 364 Å². The largest absolute Gasteiger partial charge is 0.458 e. The summed E-state index contributed by atoms with van der Waals surface area (Å²) >= 11 is 1.80. The van der Waals surface area contributed by atoms with Crippen molar-refractivity contribution in [1.82, 2.24) is 0 Å². The van der Waals surface area contributed by atoms with E-state index in [0.717, 1.165) is 115 Å². The van der Waals surface area contributed by atoms with Gasteiger partial charge in [-0.3, -0.25) is 0 Å². The van der Waals surface area contributed by atoms with Crippen molar-refractivity contribution in [2.75, 3.05) is 14.7 Å². The van der Waals surface area contributed by atoms with Crippen molar-refractivity contribution >= 4 is 80.4 Å². The molecule has 0 radical (unpaired) electrons. The van der Waals surface area contributed by atoms with Crippen LogP contribution in [0.25, 0.3) is 0 Å². The second-order valence-corrected chi connectivity index (χ2v) is 17.0. The molecule has 4 aliphatic heterocycles. The second kappa shape index (κ2) is 14.0. The summed E-state index contributed by atoms with van der Waals surface area (Å²) in [4.78, 5) is 9.34. The molecule has 0 spiro atoms. The molecule has 5 aliphatic rings. The minimum Gasteiger partial charge on any atom is -0.458 e. The lowest BCUT2D eigenvalue weighted by Gasteiger charge is -2.41. The van der Waals surface area contributed by atoms with Crippen LogP contribution in [0, 0.1) is 0 Å². The average Bonchev–Trinajstić information content (AvgIpc) is 3.33. The third kappa shape index (κ3) is 5.39. The molecule has 294 valence electrons. The predicted octanol–water partition coefficient (Wildman–Crippen LogP) is 13.3. The van der Waals surface area contributed by atoms with Crippen LogP contribution >= 0.6 is 11.8 Å². The van der Waals surface area contributed by atoms with Crippen molar-refractivity contribution in [2.24, 2.45) is 0 Å². The van der Waals surface area contributed by atoms with Crippen molar-refractivity contribution < 1.29 is 14.2 Å². The first-order chi connectivity index (χ1) is 30.8. The maximum absolute atomic E-state index is 7.52. The molecule has 0 fully saturated rings. The Balaban J connectivity index is 1.07. The van der Waals surface area contributed by atoms with E-state index in [9.17, 15) is 0 Å². The Morgan fingerprint density at radius 3 is 1.50 bits per heavy atom. The van der Waals surface area contributed by atoms with Crippen LogP contribution in [-0.4, -0.2) is 6.71 Å². The number of hydrogen-bond acceptors (Lipinski definition) is 7. The summed E-state index contributed by atoms with van der Waals surface area (Å²) in [7, 11) is 0. The van der Waals surface area contributed by atoms with Gasteiger partial charge in [0.25, 0.3) is 6.71 Å². The normalized spacial score (nSPS) is 14.3. The maximum Gasteiger partial charge on any atom is 0.270 e. The quantitative estimate of drug-likeness (QED) is 0.148. The Bertz CT molecular complexity index is 3070. The first-order valence-electron chi connectivity index (χ1n) is 21.1. The highest BCUT2D eigenvalue weighted by Crippen LogP contribution is 2.55. The Hall–Kier alpha value is -7.55. The van der Waals surface area contributed by atoms with Gasteiger partial charge in [-0.2, -0.15) is 0 Å². The lowest BCUT2D eigenvalue weighted by Crippen LogP contribution is -2.60. The zero-order valence-electron chi connectivity index (χ0n) is 33.4. The first kappa shape index (κ1) is 35.2. The van der Waals surface area contributed by atoms with Gasteiger partial charge in [-0.25, -0.2) is 0 Å². The summed E-state index contributed by atoms with van der Waals surface area (Å²) in [6, 6.07) is 61.7.